The second-order valence-corrected chi connectivity index (χ2v) is 6.15. The molecule has 0 aromatic carbocycles. The highest BCUT2D eigenvalue weighted by atomic mass is 16.2. The van der Waals surface area contributed by atoms with Crippen LogP contribution >= 0.6 is 0 Å². The molecule has 114 valence electrons. The van der Waals surface area contributed by atoms with Crippen LogP contribution in [-0.2, 0) is 14.4 Å². The molecule has 1 saturated heterocycles. The quantitative estimate of drug-likeness (QED) is 0.828. The molecule has 1 aliphatic rings. The Balaban J connectivity index is 2.56. The van der Waals surface area contributed by atoms with Gasteiger partial charge >= 0.3 is 0 Å². The highest BCUT2D eigenvalue weighted by Gasteiger charge is 2.25. The van der Waals surface area contributed by atoms with Crippen LogP contribution in [0, 0.1) is 11.8 Å². The third kappa shape index (κ3) is 4.94. The number of hydrogen-bond donors (Lipinski definition) is 1. The van der Waals surface area contributed by atoms with Crippen LogP contribution in [0.1, 0.15) is 47.0 Å². The number of nitrogens with zero attached hydrogens (tertiary/aromatic N) is 1. The fourth-order valence-corrected chi connectivity index (χ4v) is 2.47. The first-order valence-corrected chi connectivity index (χ1v) is 7.38. The SMILES string of the molecule is CC(=O)C(NC(=O)CN1CCC(C)CCC1=O)C(C)C. The summed E-state index contributed by atoms with van der Waals surface area (Å²) in [7, 11) is 0. The minimum Gasteiger partial charge on any atom is -0.345 e. The number of amides is 2. The summed E-state index contributed by atoms with van der Waals surface area (Å²) in [4.78, 5) is 37.0. The molecule has 2 amide bonds. The first-order chi connectivity index (χ1) is 9.31. The number of rotatable bonds is 5. The van der Waals surface area contributed by atoms with Crippen molar-refractivity contribution in [3.8, 4) is 0 Å². The Morgan fingerprint density at radius 3 is 2.55 bits per heavy atom. The molecule has 1 rings (SSSR count). The van der Waals surface area contributed by atoms with Crippen molar-refractivity contribution in [2.45, 2.75) is 53.0 Å². The summed E-state index contributed by atoms with van der Waals surface area (Å²) in [5.41, 5.74) is 0. The fraction of sp³-hybridized carbons (Fsp3) is 0.800. The van der Waals surface area contributed by atoms with Crippen molar-refractivity contribution in [2.75, 3.05) is 13.1 Å². The maximum absolute atomic E-state index is 12.0. The van der Waals surface area contributed by atoms with Gasteiger partial charge in [-0.05, 0) is 31.6 Å². The van der Waals surface area contributed by atoms with Crippen molar-refractivity contribution in [3.05, 3.63) is 0 Å². The molecule has 20 heavy (non-hydrogen) atoms. The zero-order valence-corrected chi connectivity index (χ0v) is 12.9. The molecule has 0 spiro atoms. The van der Waals surface area contributed by atoms with Gasteiger partial charge in [0, 0.05) is 13.0 Å². The normalized spacial score (nSPS) is 21.6. The lowest BCUT2D eigenvalue weighted by atomic mass is 10.0. The van der Waals surface area contributed by atoms with E-state index < -0.39 is 6.04 Å². The van der Waals surface area contributed by atoms with E-state index in [1.807, 2.05) is 13.8 Å². The molecule has 2 atom stereocenters. The van der Waals surface area contributed by atoms with E-state index in [0.717, 1.165) is 12.8 Å². The maximum atomic E-state index is 12.0. The van der Waals surface area contributed by atoms with Crippen LogP contribution in [0.4, 0.5) is 0 Å². The van der Waals surface area contributed by atoms with Crippen molar-refractivity contribution >= 4 is 17.6 Å². The summed E-state index contributed by atoms with van der Waals surface area (Å²) in [5.74, 6) is 0.309. The van der Waals surface area contributed by atoms with Gasteiger partial charge in [0.15, 0.2) is 5.78 Å². The Kier molecular flexibility index (Phi) is 6.17. The molecule has 1 N–H and O–H groups in total. The molecular formula is C15H26N2O3. The van der Waals surface area contributed by atoms with E-state index >= 15 is 0 Å². The van der Waals surface area contributed by atoms with Gasteiger partial charge in [0.1, 0.15) is 0 Å². The van der Waals surface area contributed by atoms with Gasteiger partial charge in [0.2, 0.25) is 11.8 Å². The maximum Gasteiger partial charge on any atom is 0.240 e. The Bertz CT molecular complexity index is 379. The Morgan fingerprint density at radius 2 is 2.00 bits per heavy atom. The second-order valence-electron chi connectivity index (χ2n) is 6.15. The van der Waals surface area contributed by atoms with E-state index in [0.29, 0.717) is 18.9 Å². The number of carbonyl (C=O) groups is 3. The summed E-state index contributed by atoms with van der Waals surface area (Å²) in [6.45, 7) is 8.07. The molecule has 0 saturated carbocycles. The van der Waals surface area contributed by atoms with Crippen molar-refractivity contribution in [1.82, 2.24) is 10.2 Å². The van der Waals surface area contributed by atoms with Crippen LogP contribution in [0.5, 0.6) is 0 Å². The first kappa shape index (κ1) is 16.7. The van der Waals surface area contributed by atoms with Gasteiger partial charge in [-0.15, -0.1) is 0 Å². The highest BCUT2D eigenvalue weighted by Crippen LogP contribution is 2.17. The van der Waals surface area contributed by atoms with Gasteiger partial charge in [0.05, 0.1) is 12.6 Å². The summed E-state index contributed by atoms with van der Waals surface area (Å²) in [6.07, 6.45) is 2.33. The molecule has 0 aromatic rings. The molecule has 1 fully saturated rings. The number of likely N-dealkylation sites (tertiary alicyclic amines) is 1. The Hall–Kier alpha value is -1.39. The van der Waals surface area contributed by atoms with Gasteiger partial charge in [-0.1, -0.05) is 20.8 Å². The first-order valence-electron chi connectivity index (χ1n) is 7.38. The van der Waals surface area contributed by atoms with Crippen molar-refractivity contribution in [1.29, 1.82) is 0 Å². The van der Waals surface area contributed by atoms with E-state index in [4.69, 9.17) is 0 Å². The second kappa shape index (κ2) is 7.41. The van der Waals surface area contributed by atoms with Crippen LogP contribution in [0.15, 0.2) is 0 Å². The van der Waals surface area contributed by atoms with E-state index in [1.165, 1.54) is 6.92 Å². The third-order valence-corrected chi connectivity index (χ3v) is 3.85. The van der Waals surface area contributed by atoms with Gasteiger partial charge < -0.3 is 10.2 Å². The van der Waals surface area contributed by atoms with Crippen molar-refractivity contribution in [3.63, 3.8) is 0 Å². The fourth-order valence-electron chi connectivity index (χ4n) is 2.47. The van der Waals surface area contributed by atoms with Crippen molar-refractivity contribution in [2.24, 2.45) is 11.8 Å². The minimum absolute atomic E-state index is 0.0356. The molecule has 0 aromatic heterocycles. The molecule has 5 heteroatoms. The largest absolute Gasteiger partial charge is 0.345 e. The number of carbonyl (C=O) groups excluding carboxylic acids is 3. The molecule has 2 unspecified atom stereocenters. The average Bonchev–Trinajstić information content (AvgIpc) is 2.50. The molecule has 5 nitrogen and oxygen atoms in total. The van der Waals surface area contributed by atoms with E-state index in [2.05, 4.69) is 12.2 Å². The van der Waals surface area contributed by atoms with E-state index in [9.17, 15) is 14.4 Å². The lowest BCUT2D eigenvalue weighted by molar-refractivity contribution is -0.136. The van der Waals surface area contributed by atoms with Gasteiger partial charge in [-0.2, -0.15) is 0 Å². The van der Waals surface area contributed by atoms with E-state index in [-0.39, 0.29) is 30.1 Å². The van der Waals surface area contributed by atoms with Crippen molar-refractivity contribution < 1.29 is 14.4 Å². The lowest BCUT2D eigenvalue weighted by Crippen LogP contribution is -2.48. The van der Waals surface area contributed by atoms with Crippen LogP contribution < -0.4 is 5.32 Å². The van der Waals surface area contributed by atoms with Crippen LogP contribution in [0.3, 0.4) is 0 Å². The highest BCUT2D eigenvalue weighted by molar-refractivity contribution is 5.90. The monoisotopic (exact) mass is 282 g/mol. The lowest BCUT2D eigenvalue weighted by Gasteiger charge is -2.23. The van der Waals surface area contributed by atoms with Gasteiger partial charge in [-0.3, -0.25) is 14.4 Å². The molecule has 1 aliphatic heterocycles. The Labute approximate surface area is 121 Å². The van der Waals surface area contributed by atoms with Crippen LogP contribution in [0.2, 0.25) is 0 Å². The molecule has 0 aliphatic carbocycles. The Morgan fingerprint density at radius 1 is 1.35 bits per heavy atom. The summed E-state index contributed by atoms with van der Waals surface area (Å²) in [6, 6.07) is -0.469. The smallest absolute Gasteiger partial charge is 0.240 e. The van der Waals surface area contributed by atoms with Crippen LogP contribution in [-0.4, -0.2) is 41.6 Å². The van der Waals surface area contributed by atoms with Crippen LogP contribution in [0.25, 0.3) is 0 Å². The predicted octanol–water partition coefficient (Wildman–Crippen LogP) is 1.36. The number of hydrogen-bond acceptors (Lipinski definition) is 3. The van der Waals surface area contributed by atoms with Gasteiger partial charge in [0.25, 0.3) is 0 Å². The summed E-state index contributed by atoms with van der Waals surface area (Å²) < 4.78 is 0. The average molecular weight is 282 g/mol. The minimum atomic E-state index is -0.469. The number of ketones is 1. The predicted molar refractivity (Wildman–Crippen MR) is 77.0 cm³/mol. The molecule has 1 heterocycles. The van der Waals surface area contributed by atoms with Gasteiger partial charge in [-0.25, -0.2) is 0 Å². The van der Waals surface area contributed by atoms with E-state index in [1.54, 1.807) is 4.90 Å². The third-order valence-electron chi connectivity index (χ3n) is 3.85. The number of Topliss-reactive ketones (excluding diaryl/α,β-unsaturated/α-hetero) is 1. The molecule has 0 radical (unpaired) electrons. The molecule has 0 bridgehead atoms. The topological polar surface area (TPSA) is 66.5 Å². The number of nitrogens with one attached hydrogen (secondary N) is 1. The molecular weight excluding hydrogens is 256 g/mol. The summed E-state index contributed by atoms with van der Waals surface area (Å²) >= 11 is 0. The zero-order valence-electron chi connectivity index (χ0n) is 12.9. The standard InChI is InChI=1S/C15H26N2O3/c1-10(2)15(12(4)18)16-13(19)9-17-8-7-11(3)5-6-14(17)20/h10-11,15H,5-9H2,1-4H3,(H,16,19). The summed E-state index contributed by atoms with van der Waals surface area (Å²) in [5, 5.41) is 2.73. The zero-order chi connectivity index (χ0) is 15.3.